The van der Waals surface area contributed by atoms with Crippen LogP contribution in [0.15, 0.2) is 0 Å². The van der Waals surface area contributed by atoms with E-state index in [-0.39, 0.29) is 12.4 Å². The Labute approximate surface area is 79.9 Å². The van der Waals surface area contributed by atoms with E-state index >= 15 is 0 Å². The first kappa shape index (κ1) is 11.6. The van der Waals surface area contributed by atoms with E-state index in [1.807, 2.05) is 0 Å². The molecular weight excluding hydrogens is 178 g/mol. The molecule has 0 spiro atoms. The van der Waals surface area contributed by atoms with Gasteiger partial charge in [0.25, 0.3) is 0 Å². The highest BCUT2D eigenvalue weighted by Gasteiger charge is 2.13. The summed E-state index contributed by atoms with van der Waals surface area (Å²) in [6.45, 7) is 0.872. The predicted molar refractivity (Wildman–Crippen MR) is 55.6 cm³/mol. The molecule has 0 aromatic heterocycles. The number of rotatable bonds is 4. The van der Waals surface area contributed by atoms with Gasteiger partial charge in [0.05, 0.1) is 0 Å². The van der Waals surface area contributed by atoms with Crippen LogP contribution in [0.2, 0.25) is 0 Å². The van der Waals surface area contributed by atoms with Crippen molar-refractivity contribution in [1.82, 2.24) is 0 Å². The molecule has 0 saturated carbocycles. The van der Waals surface area contributed by atoms with E-state index in [0.29, 0.717) is 0 Å². The van der Waals surface area contributed by atoms with E-state index in [2.05, 4.69) is 11.8 Å². The average Bonchev–Trinajstić information content (AvgIpc) is 2.41. The van der Waals surface area contributed by atoms with Crippen LogP contribution in [0.5, 0.6) is 0 Å². The lowest BCUT2D eigenvalue weighted by atomic mass is 10.1. The van der Waals surface area contributed by atoms with Crippen molar-refractivity contribution in [3.63, 3.8) is 0 Å². The first-order valence-corrected chi connectivity index (χ1v) is 5.30. The third kappa shape index (κ3) is 4.94. The minimum Gasteiger partial charge on any atom is -0.330 e. The van der Waals surface area contributed by atoms with E-state index in [0.717, 1.165) is 11.8 Å². The zero-order valence-corrected chi connectivity index (χ0v) is 8.55. The minimum absolute atomic E-state index is 0. The fourth-order valence-electron chi connectivity index (χ4n) is 1.39. The topological polar surface area (TPSA) is 26.0 Å². The number of nitrogens with two attached hydrogens (primary N) is 1. The Balaban J connectivity index is 0.000001000. The molecule has 2 N–H and O–H groups in total. The van der Waals surface area contributed by atoms with Gasteiger partial charge in [0.1, 0.15) is 0 Å². The Hall–Kier alpha value is 0.600. The molecule has 1 heterocycles. The standard InChI is InChI=1S/C8H17NS.ClH/c9-6-2-1-4-8-5-3-7-10-8;/h8H,1-7,9H2;1H. The Bertz CT molecular complexity index is 84.2. The molecule has 0 bridgehead atoms. The fourth-order valence-corrected chi connectivity index (χ4v) is 2.72. The summed E-state index contributed by atoms with van der Waals surface area (Å²) in [7, 11) is 0. The van der Waals surface area contributed by atoms with Gasteiger partial charge < -0.3 is 5.73 Å². The second-order valence-electron chi connectivity index (χ2n) is 2.92. The van der Waals surface area contributed by atoms with Crippen LogP contribution in [0.1, 0.15) is 32.1 Å². The van der Waals surface area contributed by atoms with Crippen LogP contribution < -0.4 is 5.73 Å². The van der Waals surface area contributed by atoms with Crippen LogP contribution in [-0.2, 0) is 0 Å². The Morgan fingerprint density at radius 3 is 2.73 bits per heavy atom. The van der Waals surface area contributed by atoms with Crippen molar-refractivity contribution in [2.24, 2.45) is 5.73 Å². The highest BCUT2D eigenvalue weighted by molar-refractivity contribution is 8.00. The van der Waals surface area contributed by atoms with Crippen molar-refractivity contribution in [3.05, 3.63) is 0 Å². The van der Waals surface area contributed by atoms with Gasteiger partial charge in [-0.3, -0.25) is 0 Å². The molecule has 1 unspecified atom stereocenters. The summed E-state index contributed by atoms with van der Waals surface area (Å²) in [6, 6.07) is 0. The Morgan fingerprint density at radius 2 is 2.18 bits per heavy atom. The van der Waals surface area contributed by atoms with Crippen molar-refractivity contribution in [3.8, 4) is 0 Å². The van der Waals surface area contributed by atoms with Gasteiger partial charge >= 0.3 is 0 Å². The molecule has 1 rings (SSSR count). The van der Waals surface area contributed by atoms with Crippen molar-refractivity contribution in [2.75, 3.05) is 12.3 Å². The Kier molecular flexibility index (Phi) is 7.66. The molecule has 1 aliphatic heterocycles. The van der Waals surface area contributed by atoms with Gasteiger partial charge in [-0.25, -0.2) is 0 Å². The lowest BCUT2D eigenvalue weighted by Crippen LogP contribution is -2.01. The molecule has 1 fully saturated rings. The molecule has 0 aliphatic carbocycles. The number of unbranched alkanes of at least 4 members (excludes halogenated alkanes) is 1. The van der Waals surface area contributed by atoms with Gasteiger partial charge in [-0.1, -0.05) is 6.42 Å². The van der Waals surface area contributed by atoms with Crippen LogP contribution in [-0.4, -0.2) is 17.5 Å². The normalized spacial score (nSPS) is 23.2. The highest BCUT2D eigenvalue weighted by atomic mass is 35.5. The minimum atomic E-state index is 0. The SMILES string of the molecule is Cl.NCCCCC1CCCS1. The zero-order chi connectivity index (χ0) is 7.23. The number of hydrogen-bond donors (Lipinski definition) is 1. The quantitative estimate of drug-likeness (QED) is 0.698. The maximum atomic E-state index is 5.41. The number of thioether (sulfide) groups is 1. The van der Waals surface area contributed by atoms with Crippen molar-refractivity contribution in [2.45, 2.75) is 37.4 Å². The second kappa shape index (κ2) is 7.26. The van der Waals surface area contributed by atoms with Gasteiger partial charge in [-0.15, -0.1) is 12.4 Å². The van der Waals surface area contributed by atoms with Gasteiger partial charge in [-0.2, -0.15) is 11.8 Å². The van der Waals surface area contributed by atoms with Crippen molar-refractivity contribution in [1.29, 1.82) is 0 Å². The van der Waals surface area contributed by atoms with Gasteiger partial charge in [-0.05, 0) is 38.0 Å². The fraction of sp³-hybridized carbons (Fsp3) is 1.00. The van der Waals surface area contributed by atoms with Crippen LogP contribution in [0.4, 0.5) is 0 Å². The van der Waals surface area contributed by atoms with Gasteiger partial charge in [0.15, 0.2) is 0 Å². The molecular formula is C8H18ClNS. The average molecular weight is 196 g/mol. The molecule has 0 aromatic rings. The lowest BCUT2D eigenvalue weighted by Gasteiger charge is -2.05. The summed E-state index contributed by atoms with van der Waals surface area (Å²) in [5.74, 6) is 1.40. The predicted octanol–water partition coefficient (Wildman–Crippen LogP) is 2.43. The van der Waals surface area contributed by atoms with Crippen LogP contribution in [0, 0.1) is 0 Å². The summed E-state index contributed by atoms with van der Waals surface area (Å²) in [5.41, 5.74) is 5.41. The van der Waals surface area contributed by atoms with E-state index in [4.69, 9.17) is 5.73 Å². The molecule has 11 heavy (non-hydrogen) atoms. The smallest absolute Gasteiger partial charge is 0.00473 e. The summed E-state index contributed by atoms with van der Waals surface area (Å²) >= 11 is 2.15. The summed E-state index contributed by atoms with van der Waals surface area (Å²) < 4.78 is 0. The maximum Gasteiger partial charge on any atom is 0.00473 e. The monoisotopic (exact) mass is 195 g/mol. The summed E-state index contributed by atoms with van der Waals surface area (Å²) in [6.07, 6.45) is 6.86. The van der Waals surface area contributed by atoms with Crippen LogP contribution >= 0.6 is 24.2 Å². The molecule has 68 valence electrons. The first-order valence-electron chi connectivity index (χ1n) is 4.25. The summed E-state index contributed by atoms with van der Waals surface area (Å²) in [4.78, 5) is 0. The maximum absolute atomic E-state index is 5.41. The zero-order valence-electron chi connectivity index (χ0n) is 6.92. The van der Waals surface area contributed by atoms with E-state index in [9.17, 15) is 0 Å². The van der Waals surface area contributed by atoms with Crippen LogP contribution in [0.3, 0.4) is 0 Å². The number of halogens is 1. The molecule has 0 aromatic carbocycles. The van der Waals surface area contributed by atoms with E-state index < -0.39 is 0 Å². The second-order valence-corrected chi connectivity index (χ2v) is 4.33. The van der Waals surface area contributed by atoms with E-state index in [1.165, 1.54) is 37.9 Å². The van der Waals surface area contributed by atoms with Crippen molar-refractivity contribution < 1.29 is 0 Å². The third-order valence-electron chi connectivity index (χ3n) is 2.00. The van der Waals surface area contributed by atoms with Crippen LogP contribution in [0.25, 0.3) is 0 Å². The lowest BCUT2D eigenvalue weighted by molar-refractivity contribution is 0.643. The van der Waals surface area contributed by atoms with Gasteiger partial charge in [0, 0.05) is 5.25 Å². The summed E-state index contributed by atoms with van der Waals surface area (Å²) in [5, 5.41) is 0.978. The van der Waals surface area contributed by atoms with Gasteiger partial charge in [0.2, 0.25) is 0 Å². The molecule has 0 amide bonds. The van der Waals surface area contributed by atoms with E-state index in [1.54, 1.807) is 0 Å². The molecule has 1 atom stereocenters. The first-order chi connectivity index (χ1) is 4.93. The molecule has 1 saturated heterocycles. The molecule has 0 radical (unpaired) electrons. The Morgan fingerprint density at radius 1 is 1.36 bits per heavy atom. The molecule has 3 heteroatoms. The molecule has 1 aliphatic rings. The number of hydrogen-bond acceptors (Lipinski definition) is 2. The highest BCUT2D eigenvalue weighted by Crippen LogP contribution is 2.29. The molecule has 1 nitrogen and oxygen atoms in total. The van der Waals surface area contributed by atoms with Crippen molar-refractivity contribution >= 4 is 24.2 Å². The largest absolute Gasteiger partial charge is 0.330 e. The third-order valence-corrected chi connectivity index (χ3v) is 3.47.